The lowest BCUT2D eigenvalue weighted by Crippen LogP contribution is -2.22. The van der Waals surface area contributed by atoms with Crippen molar-refractivity contribution in [3.8, 4) is 5.75 Å². The number of fused-ring (bicyclic) bond motifs is 3. The van der Waals surface area contributed by atoms with Crippen molar-refractivity contribution in [2.75, 3.05) is 11.1 Å². The minimum atomic E-state index is -1.14. The van der Waals surface area contributed by atoms with E-state index in [1.807, 2.05) is 0 Å². The average molecular weight is 283 g/mol. The lowest BCUT2D eigenvalue weighted by Gasteiger charge is -2.24. The van der Waals surface area contributed by atoms with Gasteiger partial charge in [-0.3, -0.25) is 5.32 Å². The fourth-order valence-electron chi connectivity index (χ4n) is 3.09. The van der Waals surface area contributed by atoms with E-state index in [2.05, 4.69) is 5.32 Å². The number of nitrogens with one attached hydrogen (secondary N) is 1. The summed E-state index contributed by atoms with van der Waals surface area (Å²) < 4.78 is 5.91. The first-order valence-electron chi connectivity index (χ1n) is 6.36. The van der Waals surface area contributed by atoms with Crippen LogP contribution in [0.4, 0.5) is 16.2 Å². The van der Waals surface area contributed by atoms with Crippen LogP contribution in [0.1, 0.15) is 37.2 Å². The molecule has 19 heavy (non-hydrogen) atoms. The van der Waals surface area contributed by atoms with Gasteiger partial charge in [-0.15, -0.1) is 0 Å². The molecular weight excluding hydrogens is 268 g/mol. The molecule has 3 rings (SSSR count). The number of carboxylic acid groups (broad SMARTS) is 1. The van der Waals surface area contributed by atoms with Gasteiger partial charge in [-0.2, -0.15) is 0 Å². The third-order valence-electron chi connectivity index (χ3n) is 3.89. The largest absolute Gasteiger partial charge is 0.487 e. The molecular formula is C13H15ClN2O3. The molecule has 0 bridgehead atoms. The van der Waals surface area contributed by atoms with Crippen LogP contribution in [0.2, 0.25) is 5.02 Å². The molecule has 1 heterocycles. The number of amides is 1. The predicted molar refractivity (Wildman–Crippen MR) is 73.1 cm³/mol. The van der Waals surface area contributed by atoms with Gasteiger partial charge in [0.1, 0.15) is 11.9 Å². The summed E-state index contributed by atoms with van der Waals surface area (Å²) in [6, 6.07) is 1.52. The number of hydrogen-bond acceptors (Lipinski definition) is 3. The standard InChI is InChI=1S/C13H15ClN2O3/c14-7-5-8(16-13(17)18)12-10(11(7)15)6-3-1-2-4-9(6)19-12/h5-6,9,16H,1-4,15H2,(H,17,18). The number of halogens is 1. The second kappa shape index (κ2) is 4.49. The molecule has 1 aromatic carbocycles. The Kier molecular flexibility index (Phi) is 2.93. The zero-order valence-electron chi connectivity index (χ0n) is 10.3. The zero-order valence-corrected chi connectivity index (χ0v) is 11.0. The Morgan fingerprint density at radius 2 is 2.21 bits per heavy atom. The number of carbonyl (C=O) groups is 1. The van der Waals surface area contributed by atoms with Crippen molar-refractivity contribution in [3.05, 3.63) is 16.7 Å². The fourth-order valence-corrected chi connectivity index (χ4v) is 3.30. The number of ether oxygens (including phenoxy) is 1. The number of benzene rings is 1. The van der Waals surface area contributed by atoms with Gasteiger partial charge in [0.2, 0.25) is 0 Å². The summed E-state index contributed by atoms with van der Waals surface area (Å²) in [5.74, 6) is 0.790. The van der Waals surface area contributed by atoms with Gasteiger partial charge in [0.05, 0.1) is 16.4 Å². The maximum absolute atomic E-state index is 10.8. The molecule has 4 N–H and O–H groups in total. The summed E-state index contributed by atoms with van der Waals surface area (Å²) in [6.07, 6.45) is 3.21. The van der Waals surface area contributed by atoms with Crippen LogP contribution < -0.4 is 15.8 Å². The topological polar surface area (TPSA) is 84.6 Å². The first kappa shape index (κ1) is 12.4. The Bertz CT molecular complexity index is 547. The van der Waals surface area contributed by atoms with Gasteiger partial charge in [0, 0.05) is 11.5 Å². The van der Waals surface area contributed by atoms with E-state index in [1.165, 1.54) is 6.07 Å². The lowest BCUT2D eigenvalue weighted by atomic mass is 9.82. The lowest BCUT2D eigenvalue weighted by molar-refractivity contribution is 0.164. The van der Waals surface area contributed by atoms with Crippen molar-refractivity contribution in [3.63, 3.8) is 0 Å². The van der Waals surface area contributed by atoms with Crippen molar-refractivity contribution >= 4 is 29.1 Å². The van der Waals surface area contributed by atoms with Gasteiger partial charge < -0.3 is 15.6 Å². The molecule has 1 amide bonds. The number of nitrogens with two attached hydrogens (primary N) is 1. The highest BCUT2D eigenvalue weighted by Crippen LogP contribution is 2.53. The van der Waals surface area contributed by atoms with Crippen molar-refractivity contribution in [2.24, 2.45) is 0 Å². The highest BCUT2D eigenvalue weighted by Gasteiger charge is 2.40. The molecule has 5 nitrogen and oxygen atoms in total. The molecule has 1 aromatic rings. The van der Waals surface area contributed by atoms with Crippen LogP contribution in [0.5, 0.6) is 5.75 Å². The van der Waals surface area contributed by atoms with Crippen LogP contribution in [0.15, 0.2) is 6.07 Å². The molecule has 2 aliphatic rings. The van der Waals surface area contributed by atoms with Crippen LogP contribution in [0.3, 0.4) is 0 Å². The van der Waals surface area contributed by atoms with E-state index in [0.29, 0.717) is 22.1 Å². The first-order chi connectivity index (χ1) is 9.08. The normalized spacial score (nSPS) is 24.3. The highest BCUT2D eigenvalue weighted by atomic mass is 35.5. The van der Waals surface area contributed by atoms with E-state index in [0.717, 1.165) is 31.2 Å². The molecule has 0 spiro atoms. The van der Waals surface area contributed by atoms with Gasteiger partial charge in [0.15, 0.2) is 0 Å². The fraction of sp³-hybridized carbons (Fsp3) is 0.462. The molecule has 2 unspecified atom stereocenters. The van der Waals surface area contributed by atoms with E-state index in [9.17, 15) is 4.79 Å². The Morgan fingerprint density at radius 1 is 1.47 bits per heavy atom. The summed E-state index contributed by atoms with van der Waals surface area (Å²) >= 11 is 6.10. The molecule has 1 aliphatic carbocycles. The van der Waals surface area contributed by atoms with E-state index >= 15 is 0 Å². The van der Waals surface area contributed by atoms with Crippen LogP contribution in [0, 0.1) is 0 Å². The summed E-state index contributed by atoms with van der Waals surface area (Å²) in [5.41, 5.74) is 7.83. The van der Waals surface area contributed by atoms with Crippen molar-refractivity contribution < 1.29 is 14.6 Å². The Morgan fingerprint density at radius 3 is 2.95 bits per heavy atom. The smallest absolute Gasteiger partial charge is 0.409 e. The maximum Gasteiger partial charge on any atom is 0.409 e. The van der Waals surface area contributed by atoms with Crippen LogP contribution >= 0.6 is 11.6 Å². The monoisotopic (exact) mass is 282 g/mol. The van der Waals surface area contributed by atoms with E-state index < -0.39 is 6.09 Å². The summed E-state index contributed by atoms with van der Waals surface area (Å²) in [4.78, 5) is 10.8. The van der Waals surface area contributed by atoms with Crippen LogP contribution in [0.25, 0.3) is 0 Å². The quantitative estimate of drug-likeness (QED) is 0.689. The third-order valence-corrected chi connectivity index (χ3v) is 4.20. The van der Waals surface area contributed by atoms with E-state index in [1.54, 1.807) is 0 Å². The van der Waals surface area contributed by atoms with Crippen molar-refractivity contribution in [1.29, 1.82) is 0 Å². The first-order valence-corrected chi connectivity index (χ1v) is 6.74. The summed E-state index contributed by atoms with van der Waals surface area (Å²) in [5, 5.41) is 11.6. The minimum absolute atomic E-state index is 0.0962. The number of rotatable bonds is 1. The molecule has 1 fully saturated rings. The second-order valence-corrected chi connectivity index (χ2v) is 5.45. The number of anilines is 2. The molecule has 0 saturated heterocycles. The molecule has 0 aromatic heterocycles. The molecule has 6 heteroatoms. The van der Waals surface area contributed by atoms with Gasteiger partial charge in [-0.25, -0.2) is 4.79 Å². The van der Waals surface area contributed by atoms with Crippen molar-refractivity contribution in [2.45, 2.75) is 37.7 Å². The van der Waals surface area contributed by atoms with E-state index in [-0.39, 0.29) is 12.0 Å². The van der Waals surface area contributed by atoms with Gasteiger partial charge in [-0.05, 0) is 25.3 Å². The van der Waals surface area contributed by atoms with Gasteiger partial charge >= 0.3 is 6.09 Å². The van der Waals surface area contributed by atoms with Gasteiger partial charge in [-0.1, -0.05) is 18.0 Å². The molecule has 2 atom stereocenters. The predicted octanol–water partition coefficient (Wildman–Crippen LogP) is 3.43. The second-order valence-electron chi connectivity index (χ2n) is 5.04. The third kappa shape index (κ3) is 1.98. The Labute approximate surface area is 115 Å². The highest BCUT2D eigenvalue weighted by molar-refractivity contribution is 6.33. The Balaban J connectivity index is 2.10. The number of hydrogen-bond donors (Lipinski definition) is 3. The molecule has 102 valence electrons. The average Bonchev–Trinajstić information content (AvgIpc) is 2.75. The van der Waals surface area contributed by atoms with Crippen LogP contribution in [-0.2, 0) is 0 Å². The summed E-state index contributed by atoms with van der Waals surface area (Å²) in [6.45, 7) is 0. The minimum Gasteiger partial charge on any atom is -0.487 e. The van der Waals surface area contributed by atoms with Crippen molar-refractivity contribution in [1.82, 2.24) is 0 Å². The Hall–Kier alpha value is -1.62. The van der Waals surface area contributed by atoms with Crippen LogP contribution in [-0.4, -0.2) is 17.3 Å². The molecule has 1 saturated carbocycles. The molecule has 0 radical (unpaired) electrons. The van der Waals surface area contributed by atoms with E-state index in [4.69, 9.17) is 27.2 Å². The summed E-state index contributed by atoms with van der Waals surface area (Å²) in [7, 11) is 0. The SMILES string of the molecule is Nc1c(Cl)cc(NC(=O)O)c2c1C1CCCCC1O2. The molecule has 1 aliphatic heterocycles. The maximum atomic E-state index is 10.8. The number of nitrogen functional groups attached to an aromatic ring is 1. The zero-order chi connectivity index (χ0) is 13.6. The van der Waals surface area contributed by atoms with Gasteiger partial charge in [0.25, 0.3) is 0 Å².